The quantitative estimate of drug-likeness (QED) is 0.746. The van der Waals surface area contributed by atoms with Gasteiger partial charge in [-0.25, -0.2) is 0 Å². The Morgan fingerprint density at radius 1 is 1.17 bits per heavy atom. The maximum atomic E-state index is 12.7. The molecule has 2 nitrogen and oxygen atoms in total. The molecule has 0 spiro atoms. The number of ether oxygens (including phenoxy) is 1. The molecule has 1 aliphatic rings. The van der Waals surface area contributed by atoms with Crippen molar-refractivity contribution in [3.8, 4) is 0 Å². The van der Waals surface area contributed by atoms with E-state index in [0.29, 0.717) is 6.61 Å². The van der Waals surface area contributed by atoms with Crippen molar-refractivity contribution in [1.82, 2.24) is 0 Å². The average Bonchev–Trinajstić information content (AvgIpc) is 2.73. The first-order valence-corrected chi connectivity index (χ1v) is 6.66. The van der Waals surface area contributed by atoms with E-state index in [4.69, 9.17) is 4.74 Å². The fourth-order valence-corrected chi connectivity index (χ4v) is 2.85. The largest absolute Gasteiger partial charge is 0.378 e. The molecule has 0 aliphatic carbocycles. The summed E-state index contributed by atoms with van der Waals surface area (Å²) in [5, 5.41) is 0. The Bertz CT molecular complexity index is 462. The summed E-state index contributed by atoms with van der Waals surface area (Å²) >= 11 is 0. The molecule has 2 unspecified atom stereocenters. The third-order valence-electron chi connectivity index (χ3n) is 4.33. The molecule has 0 aromatic heterocycles. The normalized spacial score (nSPS) is 23.4. The van der Waals surface area contributed by atoms with Crippen LogP contribution < -0.4 is 0 Å². The highest BCUT2D eigenvalue weighted by molar-refractivity contribution is 6.01. The van der Waals surface area contributed by atoms with Crippen molar-refractivity contribution < 1.29 is 9.53 Å². The molecule has 1 saturated heterocycles. The first kappa shape index (κ1) is 13.3. The molecule has 0 amide bonds. The molecule has 2 atom stereocenters. The van der Waals surface area contributed by atoms with Crippen molar-refractivity contribution in [3.63, 3.8) is 0 Å². The molecule has 1 aromatic rings. The Balaban J connectivity index is 2.47. The lowest BCUT2D eigenvalue weighted by molar-refractivity contribution is 0.0763. The van der Waals surface area contributed by atoms with Crippen molar-refractivity contribution in [2.45, 2.75) is 47.1 Å². The first-order valence-electron chi connectivity index (χ1n) is 6.66. The summed E-state index contributed by atoms with van der Waals surface area (Å²) in [6, 6.07) is 2.16. The van der Waals surface area contributed by atoms with Gasteiger partial charge in [-0.15, -0.1) is 0 Å². The van der Waals surface area contributed by atoms with Gasteiger partial charge in [-0.2, -0.15) is 0 Å². The Morgan fingerprint density at radius 3 is 2.17 bits per heavy atom. The molecule has 0 saturated carbocycles. The lowest BCUT2D eigenvalue weighted by Gasteiger charge is -2.19. The zero-order valence-corrected chi connectivity index (χ0v) is 12.0. The summed E-state index contributed by atoms with van der Waals surface area (Å²) in [6.45, 7) is 11.0. The second kappa shape index (κ2) is 4.85. The molecule has 18 heavy (non-hydrogen) atoms. The van der Waals surface area contributed by atoms with Crippen LogP contribution in [0.25, 0.3) is 0 Å². The molecule has 0 radical (unpaired) electrons. The van der Waals surface area contributed by atoms with Crippen LogP contribution in [0.3, 0.4) is 0 Å². The number of hydrogen-bond donors (Lipinski definition) is 0. The number of rotatable bonds is 2. The highest BCUT2D eigenvalue weighted by Gasteiger charge is 2.33. The van der Waals surface area contributed by atoms with Gasteiger partial charge in [0.05, 0.1) is 12.0 Å². The van der Waals surface area contributed by atoms with Gasteiger partial charge in [-0.05, 0) is 63.3 Å². The van der Waals surface area contributed by atoms with E-state index >= 15 is 0 Å². The fraction of sp³-hybridized carbons (Fsp3) is 0.562. The van der Waals surface area contributed by atoms with Crippen LogP contribution in [0.15, 0.2) is 6.07 Å². The van der Waals surface area contributed by atoms with Gasteiger partial charge in [-0.1, -0.05) is 6.07 Å². The molecule has 2 rings (SSSR count). The lowest BCUT2D eigenvalue weighted by Crippen LogP contribution is -2.23. The monoisotopic (exact) mass is 246 g/mol. The number of carbonyl (C=O) groups is 1. The van der Waals surface area contributed by atoms with E-state index in [2.05, 4.69) is 33.8 Å². The Hall–Kier alpha value is -1.15. The minimum Gasteiger partial charge on any atom is -0.378 e. The minimum absolute atomic E-state index is 0.0311. The van der Waals surface area contributed by atoms with Crippen LogP contribution in [0, 0.1) is 33.6 Å². The van der Waals surface area contributed by atoms with Gasteiger partial charge < -0.3 is 4.74 Å². The summed E-state index contributed by atoms with van der Waals surface area (Å²) in [4.78, 5) is 12.7. The summed E-state index contributed by atoms with van der Waals surface area (Å²) in [5.74, 6) is 0.297. The van der Waals surface area contributed by atoms with E-state index in [9.17, 15) is 4.79 Å². The molecule has 0 bridgehead atoms. The average molecular weight is 246 g/mol. The molecule has 1 fully saturated rings. The van der Waals surface area contributed by atoms with Gasteiger partial charge in [0.15, 0.2) is 5.78 Å². The third-order valence-corrected chi connectivity index (χ3v) is 4.33. The molecule has 1 aliphatic heterocycles. The van der Waals surface area contributed by atoms with Crippen LogP contribution in [-0.4, -0.2) is 18.5 Å². The van der Waals surface area contributed by atoms with Gasteiger partial charge in [0.2, 0.25) is 0 Å². The Kier molecular flexibility index (Phi) is 3.58. The minimum atomic E-state index is 0.0311. The first-order chi connectivity index (χ1) is 8.43. The van der Waals surface area contributed by atoms with E-state index in [1.165, 1.54) is 11.1 Å². The third kappa shape index (κ3) is 2.10. The zero-order chi connectivity index (χ0) is 13.4. The molecule has 1 aromatic carbocycles. The number of carbonyl (C=O) groups excluding carboxylic acids is 1. The van der Waals surface area contributed by atoms with E-state index < -0.39 is 0 Å². The van der Waals surface area contributed by atoms with Crippen LogP contribution >= 0.6 is 0 Å². The van der Waals surface area contributed by atoms with Gasteiger partial charge in [0.1, 0.15) is 0 Å². The maximum absolute atomic E-state index is 12.7. The molecule has 1 heterocycles. The number of ketones is 1. The second-order valence-electron chi connectivity index (χ2n) is 5.47. The summed E-state index contributed by atoms with van der Waals surface area (Å²) in [6.07, 6.45) is 0.906. The smallest absolute Gasteiger partial charge is 0.169 e. The molecular weight excluding hydrogens is 224 g/mol. The highest BCUT2D eigenvalue weighted by Crippen LogP contribution is 2.29. The summed E-state index contributed by atoms with van der Waals surface area (Å²) in [7, 11) is 0. The topological polar surface area (TPSA) is 26.3 Å². The molecule has 2 heteroatoms. The van der Waals surface area contributed by atoms with Crippen LogP contribution in [0.4, 0.5) is 0 Å². The van der Waals surface area contributed by atoms with Crippen molar-refractivity contribution in [1.29, 1.82) is 0 Å². The second-order valence-corrected chi connectivity index (χ2v) is 5.47. The summed E-state index contributed by atoms with van der Waals surface area (Å²) in [5.41, 5.74) is 5.58. The van der Waals surface area contributed by atoms with E-state index in [1.807, 2.05) is 6.92 Å². The van der Waals surface area contributed by atoms with Crippen LogP contribution in [0.5, 0.6) is 0 Å². The fourth-order valence-electron chi connectivity index (χ4n) is 2.85. The molecule has 98 valence electrons. The van der Waals surface area contributed by atoms with Crippen molar-refractivity contribution >= 4 is 5.78 Å². The van der Waals surface area contributed by atoms with Gasteiger partial charge >= 0.3 is 0 Å². The molecular formula is C16H22O2. The van der Waals surface area contributed by atoms with Crippen LogP contribution in [-0.2, 0) is 4.74 Å². The number of aryl methyl sites for hydroxylation is 2. The van der Waals surface area contributed by atoms with E-state index in [0.717, 1.165) is 23.1 Å². The SMILES string of the molecule is Cc1cc(C)c(C)c(C(=O)C2CCOC2C)c1C. The predicted octanol–water partition coefficient (Wildman–Crippen LogP) is 3.53. The van der Waals surface area contributed by atoms with Crippen molar-refractivity contribution in [2.75, 3.05) is 6.61 Å². The molecule has 0 N–H and O–H groups in total. The van der Waals surface area contributed by atoms with Gasteiger partial charge in [0.25, 0.3) is 0 Å². The van der Waals surface area contributed by atoms with Crippen LogP contribution in [0.1, 0.15) is 46.0 Å². The maximum Gasteiger partial charge on any atom is 0.169 e. The van der Waals surface area contributed by atoms with Gasteiger partial charge in [0, 0.05) is 12.2 Å². The Morgan fingerprint density at radius 2 is 1.72 bits per heavy atom. The number of hydrogen-bond acceptors (Lipinski definition) is 2. The summed E-state index contributed by atoms with van der Waals surface area (Å²) < 4.78 is 5.53. The van der Waals surface area contributed by atoms with E-state index in [1.54, 1.807) is 0 Å². The Labute approximate surface area is 109 Å². The van der Waals surface area contributed by atoms with Crippen molar-refractivity contribution in [2.24, 2.45) is 5.92 Å². The van der Waals surface area contributed by atoms with Crippen molar-refractivity contribution in [3.05, 3.63) is 33.9 Å². The standard InChI is InChI=1S/C16H22O2/c1-9-8-10(2)12(4)15(11(9)3)16(17)14-6-7-18-13(14)5/h8,13-14H,6-7H2,1-5H3. The number of benzene rings is 1. The van der Waals surface area contributed by atoms with Crippen LogP contribution in [0.2, 0.25) is 0 Å². The zero-order valence-electron chi connectivity index (χ0n) is 12.0. The lowest BCUT2D eigenvalue weighted by atomic mass is 9.85. The number of Topliss-reactive ketones (excluding diaryl/α,β-unsaturated/α-hetero) is 1. The predicted molar refractivity (Wildman–Crippen MR) is 73.2 cm³/mol. The van der Waals surface area contributed by atoms with Gasteiger partial charge in [-0.3, -0.25) is 4.79 Å². The van der Waals surface area contributed by atoms with E-state index in [-0.39, 0.29) is 17.8 Å². The highest BCUT2D eigenvalue weighted by atomic mass is 16.5.